The van der Waals surface area contributed by atoms with Crippen molar-refractivity contribution < 1.29 is 9.59 Å². The molecular weight excluding hydrogens is 220 g/mol. The highest BCUT2D eigenvalue weighted by Crippen LogP contribution is 2.12. The zero-order chi connectivity index (χ0) is 12.0. The van der Waals surface area contributed by atoms with Gasteiger partial charge in [-0.25, -0.2) is 0 Å². The molecule has 3 heteroatoms. The Morgan fingerprint density at radius 1 is 1.25 bits per heavy atom. The fraction of sp³-hybridized carbons (Fsp3) is 0.385. The second kappa shape index (κ2) is 6.48. The van der Waals surface area contributed by atoms with Crippen LogP contribution in [0.2, 0.25) is 0 Å². The molecule has 1 rings (SSSR count). The van der Waals surface area contributed by atoms with E-state index < -0.39 is 0 Å². The first-order valence-corrected chi connectivity index (χ1v) is 6.43. The number of benzene rings is 1. The molecule has 0 fully saturated rings. The van der Waals surface area contributed by atoms with Gasteiger partial charge in [0.05, 0.1) is 5.75 Å². The van der Waals surface area contributed by atoms with Crippen LogP contribution in [-0.4, -0.2) is 23.1 Å². The topological polar surface area (TPSA) is 34.1 Å². The average molecular weight is 236 g/mol. The predicted octanol–water partition coefficient (Wildman–Crippen LogP) is 2.83. The highest BCUT2D eigenvalue weighted by Gasteiger charge is 2.10. The number of carbonyl (C=O) groups is 2. The molecule has 0 bridgehead atoms. The Kier molecular flexibility index (Phi) is 5.26. The molecule has 0 saturated heterocycles. The number of ketones is 2. The standard InChI is InChI=1S/C13H16O2S/c1-10(11(2)14)8-16-9-13(15)12-6-4-3-5-7-12/h3-7,10H,8-9H2,1-2H3/t10-/m0/s1. The van der Waals surface area contributed by atoms with Gasteiger partial charge in [-0.15, -0.1) is 0 Å². The van der Waals surface area contributed by atoms with Gasteiger partial charge in [0.2, 0.25) is 0 Å². The first-order chi connectivity index (χ1) is 7.61. The zero-order valence-electron chi connectivity index (χ0n) is 9.60. The number of Topliss-reactive ketones (excluding diaryl/α,β-unsaturated/α-hetero) is 2. The van der Waals surface area contributed by atoms with E-state index in [-0.39, 0.29) is 17.5 Å². The molecule has 0 unspecified atom stereocenters. The lowest BCUT2D eigenvalue weighted by atomic mass is 10.1. The van der Waals surface area contributed by atoms with E-state index in [4.69, 9.17) is 0 Å². The molecule has 1 atom stereocenters. The summed E-state index contributed by atoms with van der Waals surface area (Å²) in [5.74, 6) is 1.50. The van der Waals surface area contributed by atoms with Gasteiger partial charge in [-0.3, -0.25) is 9.59 Å². The van der Waals surface area contributed by atoms with Gasteiger partial charge in [0.1, 0.15) is 5.78 Å². The van der Waals surface area contributed by atoms with Crippen molar-refractivity contribution in [2.24, 2.45) is 5.92 Å². The summed E-state index contributed by atoms with van der Waals surface area (Å²) in [4.78, 5) is 22.7. The van der Waals surface area contributed by atoms with Gasteiger partial charge in [-0.2, -0.15) is 11.8 Å². The van der Waals surface area contributed by atoms with Gasteiger partial charge in [-0.05, 0) is 6.92 Å². The summed E-state index contributed by atoms with van der Waals surface area (Å²) in [5, 5.41) is 0. The van der Waals surface area contributed by atoms with Gasteiger partial charge >= 0.3 is 0 Å². The maximum Gasteiger partial charge on any atom is 0.172 e. The smallest absolute Gasteiger partial charge is 0.172 e. The van der Waals surface area contributed by atoms with Crippen LogP contribution in [0.1, 0.15) is 24.2 Å². The fourth-order valence-corrected chi connectivity index (χ4v) is 2.21. The van der Waals surface area contributed by atoms with Gasteiger partial charge in [-0.1, -0.05) is 37.3 Å². The number of thioether (sulfide) groups is 1. The van der Waals surface area contributed by atoms with E-state index in [0.29, 0.717) is 11.5 Å². The normalized spacial score (nSPS) is 12.1. The lowest BCUT2D eigenvalue weighted by molar-refractivity contribution is -0.119. The molecule has 0 aromatic heterocycles. The van der Waals surface area contributed by atoms with Crippen molar-refractivity contribution >= 4 is 23.3 Å². The Labute approximate surface area is 100 Å². The Balaban J connectivity index is 2.34. The van der Waals surface area contributed by atoms with Crippen LogP contribution in [0.5, 0.6) is 0 Å². The summed E-state index contributed by atoms with van der Waals surface area (Å²) in [5.41, 5.74) is 0.741. The minimum absolute atomic E-state index is 0.0357. The molecule has 1 aromatic rings. The minimum atomic E-state index is 0.0357. The summed E-state index contributed by atoms with van der Waals surface area (Å²) in [6.07, 6.45) is 0. The maximum absolute atomic E-state index is 11.7. The monoisotopic (exact) mass is 236 g/mol. The second-order valence-electron chi connectivity index (χ2n) is 3.82. The third-order valence-electron chi connectivity index (χ3n) is 2.39. The van der Waals surface area contributed by atoms with Crippen molar-refractivity contribution in [1.29, 1.82) is 0 Å². The van der Waals surface area contributed by atoms with Crippen molar-refractivity contribution in [3.63, 3.8) is 0 Å². The highest BCUT2D eigenvalue weighted by atomic mass is 32.2. The van der Waals surface area contributed by atoms with E-state index in [9.17, 15) is 9.59 Å². The van der Waals surface area contributed by atoms with Crippen LogP contribution in [0.15, 0.2) is 30.3 Å². The SMILES string of the molecule is CC(=O)[C@@H](C)CSCC(=O)c1ccccc1. The van der Waals surface area contributed by atoms with Crippen LogP contribution in [0.25, 0.3) is 0 Å². The highest BCUT2D eigenvalue weighted by molar-refractivity contribution is 8.00. The Morgan fingerprint density at radius 3 is 2.44 bits per heavy atom. The number of rotatable bonds is 6. The van der Waals surface area contributed by atoms with Crippen LogP contribution in [-0.2, 0) is 4.79 Å². The molecule has 1 aromatic carbocycles. The Morgan fingerprint density at radius 2 is 1.88 bits per heavy atom. The molecule has 86 valence electrons. The summed E-state index contributed by atoms with van der Waals surface area (Å²) < 4.78 is 0. The average Bonchev–Trinajstić information content (AvgIpc) is 2.29. The van der Waals surface area contributed by atoms with Crippen LogP contribution in [0.4, 0.5) is 0 Å². The molecule has 16 heavy (non-hydrogen) atoms. The molecule has 0 saturated carbocycles. The van der Waals surface area contributed by atoms with Gasteiger partial charge in [0.15, 0.2) is 5.78 Å². The molecule has 0 aliphatic heterocycles. The van der Waals surface area contributed by atoms with E-state index in [1.165, 1.54) is 11.8 Å². The minimum Gasteiger partial charge on any atom is -0.300 e. The van der Waals surface area contributed by atoms with E-state index >= 15 is 0 Å². The first kappa shape index (κ1) is 13.0. The summed E-state index contributed by atoms with van der Waals surface area (Å²) in [6, 6.07) is 9.24. The number of hydrogen-bond donors (Lipinski definition) is 0. The summed E-state index contributed by atoms with van der Waals surface area (Å²) >= 11 is 1.52. The first-order valence-electron chi connectivity index (χ1n) is 5.27. The van der Waals surface area contributed by atoms with Gasteiger partial charge in [0, 0.05) is 17.2 Å². The van der Waals surface area contributed by atoms with E-state index in [1.807, 2.05) is 37.3 Å². The van der Waals surface area contributed by atoms with Crippen molar-refractivity contribution in [2.75, 3.05) is 11.5 Å². The van der Waals surface area contributed by atoms with Crippen LogP contribution < -0.4 is 0 Å². The second-order valence-corrected chi connectivity index (χ2v) is 4.85. The van der Waals surface area contributed by atoms with Crippen molar-refractivity contribution in [3.8, 4) is 0 Å². The quantitative estimate of drug-likeness (QED) is 0.712. The fourth-order valence-electron chi connectivity index (χ4n) is 1.15. The molecule has 0 spiro atoms. The Bertz CT molecular complexity index is 359. The zero-order valence-corrected chi connectivity index (χ0v) is 10.4. The molecular formula is C13H16O2S. The molecule has 0 amide bonds. The Hall–Kier alpha value is -1.09. The largest absolute Gasteiger partial charge is 0.300 e. The number of carbonyl (C=O) groups excluding carboxylic acids is 2. The lowest BCUT2D eigenvalue weighted by Crippen LogP contribution is -2.11. The van der Waals surface area contributed by atoms with E-state index in [1.54, 1.807) is 6.92 Å². The molecule has 0 radical (unpaired) electrons. The van der Waals surface area contributed by atoms with E-state index in [0.717, 1.165) is 5.56 Å². The summed E-state index contributed by atoms with van der Waals surface area (Å²) in [7, 11) is 0. The third-order valence-corrected chi connectivity index (χ3v) is 3.59. The van der Waals surface area contributed by atoms with E-state index in [2.05, 4.69) is 0 Å². The molecule has 2 nitrogen and oxygen atoms in total. The van der Waals surface area contributed by atoms with Gasteiger partial charge < -0.3 is 0 Å². The van der Waals surface area contributed by atoms with Gasteiger partial charge in [0.25, 0.3) is 0 Å². The molecule has 0 heterocycles. The lowest BCUT2D eigenvalue weighted by Gasteiger charge is -2.06. The van der Waals surface area contributed by atoms with Crippen molar-refractivity contribution in [3.05, 3.63) is 35.9 Å². The molecule has 0 aliphatic rings. The number of hydrogen-bond acceptors (Lipinski definition) is 3. The van der Waals surface area contributed by atoms with Crippen LogP contribution >= 0.6 is 11.8 Å². The third kappa shape index (κ3) is 4.19. The molecule has 0 aliphatic carbocycles. The van der Waals surface area contributed by atoms with Crippen molar-refractivity contribution in [1.82, 2.24) is 0 Å². The maximum atomic E-state index is 11.7. The predicted molar refractivity (Wildman–Crippen MR) is 67.9 cm³/mol. The molecule has 0 N–H and O–H groups in total. The van der Waals surface area contributed by atoms with Crippen LogP contribution in [0.3, 0.4) is 0 Å². The summed E-state index contributed by atoms with van der Waals surface area (Å²) in [6.45, 7) is 3.48. The van der Waals surface area contributed by atoms with Crippen molar-refractivity contribution in [2.45, 2.75) is 13.8 Å². The van der Waals surface area contributed by atoms with Crippen LogP contribution in [0, 0.1) is 5.92 Å².